The number of carbonyl (C=O) groups is 3. The number of rotatable bonds is 5. The number of hydrogen-bond donors (Lipinski definition) is 3. The van der Waals surface area contributed by atoms with E-state index < -0.39 is 17.9 Å². The average Bonchev–Trinajstić information content (AvgIpc) is 2.45. The molecule has 8 heteroatoms. The number of hydrogen-bond acceptors (Lipinski definition) is 4. The number of carbonyl (C=O) groups excluding carboxylic acids is 2. The molecule has 0 aliphatic carbocycles. The molecule has 0 aromatic heterocycles. The van der Waals surface area contributed by atoms with Crippen molar-refractivity contribution in [1.29, 1.82) is 0 Å². The fraction of sp³-hybridized carbons (Fsp3) is 0.357. The highest BCUT2D eigenvalue weighted by atomic mass is 79.9. The predicted octanol–water partition coefficient (Wildman–Crippen LogP) is 1.76. The molecule has 0 spiro atoms. The molecule has 1 unspecified atom stereocenters. The normalized spacial score (nSPS) is 14.4. The van der Waals surface area contributed by atoms with Gasteiger partial charge in [-0.15, -0.1) is 0 Å². The second kappa shape index (κ2) is 6.78. The summed E-state index contributed by atoms with van der Waals surface area (Å²) < 4.78 is 5.69. The van der Waals surface area contributed by atoms with Crippen LogP contribution in [0.3, 0.4) is 0 Å². The Morgan fingerprint density at radius 3 is 2.86 bits per heavy atom. The van der Waals surface area contributed by atoms with Gasteiger partial charge in [0.15, 0.2) is 6.61 Å². The van der Waals surface area contributed by atoms with Gasteiger partial charge in [0, 0.05) is 4.47 Å². The van der Waals surface area contributed by atoms with Gasteiger partial charge in [0.2, 0.25) is 0 Å². The van der Waals surface area contributed by atoms with E-state index in [2.05, 4.69) is 26.6 Å². The highest BCUT2D eigenvalue weighted by molar-refractivity contribution is 9.10. The van der Waals surface area contributed by atoms with Crippen LogP contribution in [-0.4, -0.2) is 35.5 Å². The number of carboxylic acid groups (broad SMARTS) is 1. The maximum absolute atomic E-state index is 12.3. The molecule has 0 fully saturated rings. The first kappa shape index (κ1) is 16.3. The van der Waals surface area contributed by atoms with Gasteiger partial charge in [-0.05, 0) is 34.5 Å². The first-order valence-electron chi connectivity index (χ1n) is 6.72. The highest BCUT2D eigenvalue weighted by Crippen LogP contribution is 2.33. The van der Waals surface area contributed by atoms with Crippen LogP contribution in [0.4, 0.5) is 5.69 Å². The van der Waals surface area contributed by atoms with E-state index in [0.717, 1.165) is 0 Å². The van der Waals surface area contributed by atoms with E-state index in [4.69, 9.17) is 9.84 Å². The summed E-state index contributed by atoms with van der Waals surface area (Å²) in [5.74, 6) is -1.50. The first-order valence-corrected chi connectivity index (χ1v) is 7.51. The Morgan fingerprint density at radius 2 is 2.23 bits per heavy atom. The molecule has 2 amide bonds. The molecule has 0 bridgehead atoms. The second-order valence-corrected chi connectivity index (χ2v) is 5.67. The van der Waals surface area contributed by atoms with Gasteiger partial charge in [-0.3, -0.25) is 9.59 Å². The lowest BCUT2D eigenvalue weighted by Gasteiger charge is -2.20. The molecule has 0 radical (unpaired) electrons. The van der Waals surface area contributed by atoms with E-state index in [1.165, 1.54) is 6.07 Å². The Labute approximate surface area is 135 Å². The fourth-order valence-electron chi connectivity index (χ4n) is 2.06. The summed E-state index contributed by atoms with van der Waals surface area (Å²) in [5.41, 5.74) is 0.709. The van der Waals surface area contributed by atoms with Crippen molar-refractivity contribution in [1.82, 2.24) is 5.32 Å². The molecule has 3 N–H and O–H groups in total. The second-order valence-electron chi connectivity index (χ2n) is 4.82. The highest BCUT2D eigenvalue weighted by Gasteiger charge is 2.24. The Balaban J connectivity index is 2.23. The quantitative estimate of drug-likeness (QED) is 0.732. The van der Waals surface area contributed by atoms with Crippen LogP contribution in [0.15, 0.2) is 16.6 Å². The van der Waals surface area contributed by atoms with Gasteiger partial charge in [-0.1, -0.05) is 13.3 Å². The van der Waals surface area contributed by atoms with Crippen molar-refractivity contribution in [3.8, 4) is 5.75 Å². The van der Waals surface area contributed by atoms with Gasteiger partial charge in [0.1, 0.15) is 11.8 Å². The Morgan fingerprint density at radius 1 is 1.50 bits per heavy atom. The number of halogens is 1. The van der Waals surface area contributed by atoms with Crippen LogP contribution in [0.25, 0.3) is 0 Å². The zero-order valence-corrected chi connectivity index (χ0v) is 13.4. The summed E-state index contributed by atoms with van der Waals surface area (Å²) in [6.07, 6.45) is 0.980. The third-order valence-electron chi connectivity index (χ3n) is 3.13. The van der Waals surface area contributed by atoms with Crippen LogP contribution in [0, 0.1) is 0 Å². The molecular formula is C14H15BrN2O5. The minimum atomic E-state index is -1.08. The molecule has 1 aliphatic heterocycles. The lowest BCUT2D eigenvalue weighted by Crippen LogP contribution is -2.40. The Bertz CT molecular complexity index is 632. The number of anilines is 1. The van der Waals surface area contributed by atoms with E-state index in [9.17, 15) is 14.4 Å². The molecule has 2 rings (SSSR count). The third-order valence-corrected chi connectivity index (χ3v) is 3.78. The number of aliphatic carboxylic acids is 1. The summed E-state index contributed by atoms with van der Waals surface area (Å²) in [4.78, 5) is 34.6. The summed E-state index contributed by atoms with van der Waals surface area (Å²) in [7, 11) is 0. The molecule has 1 aliphatic rings. The zero-order chi connectivity index (χ0) is 16.3. The van der Waals surface area contributed by atoms with Crippen molar-refractivity contribution in [3.63, 3.8) is 0 Å². The molecule has 1 aromatic rings. The van der Waals surface area contributed by atoms with Crippen LogP contribution in [-0.2, 0) is 9.59 Å². The summed E-state index contributed by atoms with van der Waals surface area (Å²) in [6, 6.07) is 2.08. The Kier molecular flexibility index (Phi) is 5.02. The van der Waals surface area contributed by atoms with Crippen LogP contribution < -0.4 is 15.4 Å². The number of fused-ring (bicyclic) bond motifs is 1. The van der Waals surface area contributed by atoms with Gasteiger partial charge in [-0.25, -0.2) is 4.79 Å². The maximum Gasteiger partial charge on any atom is 0.326 e. The molecule has 22 heavy (non-hydrogen) atoms. The van der Waals surface area contributed by atoms with E-state index in [1.807, 2.05) is 6.92 Å². The first-order chi connectivity index (χ1) is 10.4. The molecule has 1 atom stereocenters. The number of benzene rings is 1. The number of ether oxygens (including phenoxy) is 1. The summed E-state index contributed by atoms with van der Waals surface area (Å²) in [5, 5.41) is 14.2. The SMILES string of the molecule is CCCC(NC(=O)c1cc2c(cc1Br)NC(=O)CO2)C(=O)O. The van der Waals surface area contributed by atoms with E-state index in [0.29, 0.717) is 28.8 Å². The van der Waals surface area contributed by atoms with Gasteiger partial charge in [0.25, 0.3) is 11.8 Å². The average molecular weight is 371 g/mol. The van der Waals surface area contributed by atoms with Crippen LogP contribution in [0.2, 0.25) is 0 Å². The molecule has 118 valence electrons. The molecule has 0 saturated carbocycles. The lowest BCUT2D eigenvalue weighted by atomic mass is 10.1. The molecule has 0 saturated heterocycles. The van der Waals surface area contributed by atoms with Crippen molar-refractivity contribution in [3.05, 3.63) is 22.2 Å². The minimum Gasteiger partial charge on any atom is -0.482 e. The lowest BCUT2D eigenvalue weighted by molar-refractivity contribution is -0.139. The molecule has 1 aromatic carbocycles. The van der Waals surface area contributed by atoms with Gasteiger partial charge < -0.3 is 20.5 Å². The smallest absolute Gasteiger partial charge is 0.326 e. The Hall–Kier alpha value is -2.09. The fourth-order valence-corrected chi connectivity index (χ4v) is 2.58. The summed E-state index contributed by atoms with van der Waals surface area (Å²) in [6.45, 7) is 1.72. The van der Waals surface area contributed by atoms with Crippen LogP contribution >= 0.6 is 15.9 Å². The molecule has 1 heterocycles. The topological polar surface area (TPSA) is 105 Å². The van der Waals surface area contributed by atoms with E-state index in [-0.39, 0.29) is 18.1 Å². The maximum atomic E-state index is 12.3. The van der Waals surface area contributed by atoms with Crippen molar-refractivity contribution >= 4 is 39.4 Å². The van der Waals surface area contributed by atoms with Gasteiger partial charge in [0.05, 0.1) is 11.3 Å². The van der Waals surface area contributed by atoms with Crippen molar-refractivity contribution in [2.75, 3.05) is 11.9 Å². The minimum absolute atomic E-state index is 0.122. The largest absolute Gasteiger partial charge is 0.482 e. The van der Waals surface area contributed by atoms with Gasteiger partial charge in [-0.2, -0.15) is 0 Å². The van der Waals surface area contributed by atoms with Crippen LogP contribution in [0.1, 0.15) is 30.1 Å². The van der Waals surface area contributed by atoms with Gasteiger partial charge >= 0.3 is 5.97 Å². The zero-order valence-electron chi connectivity index (χ0n) is 11.8. The monoisotopic (exact) mass is 370 g/mol. The van der Waals surface area contributed by atoms with Crippen molar-refractivity contribution in [2.45, 2.75) is 25.8 Å². The van der Waals surface area contributed by atoms with E-state index in [1.54, 1.807) is 6.07 Å². The number of amides is 2. The third kappa shape index (κ3) is 3.56. The summed E-state index contributed by atoms with van der Waals surface area (Å²) >= 11 is 3.25. The van der Waals surface area contributed by atoms with Crippen molar-refractivity contribution in [2.24, 2.45) is 0 Å². The van der Waals surface area contributed by atoms with Crippen molar-refractivity contribution < 1.29 is 24.2 Å². The molecular weight excluding hydrogens is 356 g/mol. The van der Waals surface area contributed by atoms with Crippen LogP contribution in [0.5, 0.6) is 5.75 Å². The predicted molar refractivity (Wildman–Crippen MR) is 82.1 cm³/mol. The number of carboxylic acids is 1. The van der Waals surface area contributed by atoms with E-state index >= 15 is 0 Å². The number of nitrogens with one attached hydrogen (secondary N) is 2. The standard InChI is InChI=1S/C14H15BrN2O5/c1-2-3-9(14(20)21)17-13(19)7-4-11-10(5-8(7)15)16-12(18)6-22-11/h4-5,9H,2-3,6H2,1H3,(H,16,18)(H,17,19)(H,20,21). The molecule has 7 nitrogen and oxygen atoms in total.